The molecule has 0 aromatic heterocycles. The number of hydrogen-bond donors (Lipinski definition) is 1. The van der Waals surface area contributed by atoms with Crippen molar-refractivity contribution >= 4 is 15.9 Å². The average Bonchev–Trinajstić information content (AvgIpc) is 2.30. The zero-order chi connectivity index (χ0) is 12.3. The molecule has 0 aliphatic carbocycles. The maximum atomic E-state index is 3.59. The Labute approximate surface area is 113 Å². The van der Waals surface area contributed by atoms with Gasteiger partial charge in [0.1, 0.15) is 0 Å². The molecule has 2 rings (SSSR count). The summed E-state index contributed by atoms with van der Waals surface area (Å²) in [4.78, 5) is 0. The van der Waals surface area contributed by atoms with E-state index in [4.69, 9.17) is 0 Å². The average molecular weight is 296 g/mol. The molecule has 0 bridgehead atoms. The van der Waals surface area contributed by atoms with Gasteiger partial charge in [-0.05, 0) is 67.4 Å². The van der Waals surface area contributed by atoms with Crippen molar-refractivity contribution in [3.63, 3.8) is 0 Å². The van der Waals surface area contributed by atoms with E-state index in [1.165, 1.54) is 48.0 Å². The van der Waals surface area contributed by atoms with Gasteiger partial charge in [0, 0.05) is 4.47 Å². The third kappa shape index (κ3) is 3.56. The molecule has 94 valence electrons. The minimum absolute atomic E-state index is 0.620. The third-order valence-electron chi connectivity index (χ3n) is 3.63. The van der Waals surface area contributed by atoms with Crippen LogP contribution in [0, 0.1) is 5.92 Å². The van der Waals surface area contributed by atoms with E-state index in [1.54, 1.807) is 0 Å². The van der Waals surface area contributed by atoms with Crippen LogP contribution >= 0.6 is 15.9 Å². The molecule has 1 saturated heterocycles. The summed E-state index contributed by atoms with van der Waals surface area (Å²) in [5.74, 6) is 1.44. The smallest absolute Gasteiger partial charge is 0.0178 e. The highest BCUT2D eigenvalue weighted by atomic mass is 79.9. The van der Waals surface area contributed by atoms with Crippen LogP contribution in [0.4, 0.5) is 0 Å². The van der Waals surface area contributed by atoms with Gasteiger partial charge >= 0.3 is 0 Å². The molecule has 1 aromatic rings. The van der Waals surface area contributed by atoms with Crippen LogP contribution in [-0.4, -0.2) is 13.1 Å². The number of benzene rings is 1. The van der Waals surface area contributed by atoms with E-state index >= 15 is 0 Å². The first-order valence-electron chi connectivity index (χ1n) is 6.66. The van der Waals surface area contributed by atoms with Gasteiger partial charge in [0.25, 0.3) is 0 Å². The van der Waals surface area contributed by atoms with Crippen LogP contribution < -0.4 is 5.32 Å². The zero-order valence-electron chi connectivity index (χ0n) is 10.8. The minimum atomic E-state index is 0.620. The lowest BCUT2D eigenvalue weighted by atomic mass is 9.87. The molecule has 0 radical (unpaired) electrons. The van der Waals surface area contributed by atoms with Gasteiger partial charge in [0.15, 0.2) is 0 Å². The lowest BCUT2D eigenvalue weighted by Gasteiger charge is -2.24. The Bertz CT molecular complexity index is 367. The normalized spacial score (nSPS) is 20.8. The van der Waals surface area contributed by atoms with E-state index in [1.807, 2.05) is 0 Å². The number of piperidine rings is 1. The molecule has 2 heteroatoms. The topological polar surface area (TPSA) is 12.0 Å². The number of nitrogens with one attached hydrogen (secondary N) is 1. The standard InChI is InChI=1S/C15H22BrN/c1-11(2)15-6-5-14(16)9-13(15)8-12-4-3-7-17-10-12/h5-6,9,11-12,17H,3-4,7-8,10H2,1-2H3. The molecule has 0 saturated carbocycles. The highest BCUT2D eigenvalue weighted by Gasteiger charge is 2.16. The van der Waals surface area contributed by atoms with Gasteiger partial charge in [0.2, 0.25) is 0 Å². The lowest BCUT2D eigenvalue weighted by molar-refractivity contribution is 0.375. The summed E-state index contributed by atoms with van der Waals surface area (Å²) in [7, 11) is 0. The second kappa shape index (κ2) is 6.01. The van der Waals surface area contributed by atoms with Crippen LogP contribution in [0.5, 0.6) is 0 Å². The molecule has 1 atom stereocenters. The Hall–Kier alpha value is -0.340. The lowest BCUT2D eigenvalue weighted by Crippen LogP contribution is -2.31. The first kappa shape index (κ1) is 13.1. The fraction of sp³-hybridized carbons (Fsp3) is 0.600. The van der Waals surface area contributed by atoms with Gasteiger partial charge in [0.05, 0.1) is 0 Å². The van der Waals surface area contributed by atoms with Crippen LogP contribution in [0.15, 0.2) is 22.7 Å². The van der Waals surface area contributed by atoms with Gasteiger partial charge in [-0.25, -0.2) is 0 Å². The Morgan fingerprint density at radius 1 is 1.41 bits per heavy atom. The van der Waals surface area contributed by atoms with Crippen LogP contribution in [0.2, 0.25) is 0 Å². The van der Waals surface area contributed by atoms with Crippen molar-refractivity contribution in [3.8, 4) is 0 Å². The number of halogens is 1. The maximum Gasteiger partial charge on any atom is 0.0178 e. The first-order chi connectivity index (χ1) is 8.16. The van der Waals surface area contributed by atoms with Gasteiger partial charge in [-0.2, -0.15) is 0 Å². The number of rotatable bonds is 3. The summed E-state index contributed by atoms with van der Waals surface area (Å²) >= 11 is 3.59. The third-order valence-corrected chi connectivity index (χ3v) is 4.13. The van der Waals surface area contributed by atoms with Crippen molar-refractivity contribution in [1.82, 2.24) is 5.32 Å². The van der Waals surface area contributed by atoms with E-state index in [0.29, 0.717) is 5.92 Å². The Morgan fingerprint density at radius 2 is 2.24 bits per heavy atom. The highest BCUT2D eigenvalue weighted by molar-refractivity contribution is 9.10. The van der Waals surface area contributed by atoms with Crippen molar-refractivity contribution < 1.29 is 0 Å². The predicted octanol–water partition coefficient (Wildman–Crippen LogP) is 4.11. The van der Waals surface area contributed by atoms with E-state index in [9.17, 15) is 0 Å². The molecule has 17 heavy (non-hydrogen) atoms. The van der Waals surface area contributed by atoms with Crippen molar-refractivity contribution in [2.75, 3.05) is 13.1 Å². The van der Waals surface area contributed by atoms with E-state index in [0.717, 1.165) is 5.92 Å². The maximum absolute atomic E-state index is 3.59. The molecule has 1 aliphatic heterocycles. The van der Waals surface area contributed by atoms with Gasteiger partial charge in [-0.3, -0.25) is 0 Å². The molecule has 1 nitrogen and oxygen atoms in total. The minimum Gasteiger partial charge on any atom is -0.316 e. The van der Waals surface area contributed by atoms with E-state index < -0.39 is 0 Å². The summed E-state index contributed by atoms with van der Waals surface area (Å²) in [6.07, 6.45) is 3.92. The van der Waals surface area contributed by atoms with Crippen molar-refractivity contribution in [3.05, 3.63) is 33.8 Å². The second-order valence-corrected chi connectivity index (χ2v) is 6.33. The Morgan fingerprint density at radius 3 is 2.88 bits per heavy atom. The summed E-state index contributed by atoms with van der Waals surface area (Å²) in [5, 5.41) is 3.51. The molecule has 1 aliphatic rings. The van der Waals surface area contributed by atoms with E-state index in [-0.39, 0.29) is 0 Å². The van der Waals surface area contributed by atoms with Crippen LogP contribution in [-0.2, 0) is 6.42 Å². The molecule has 1 N–H and O–H groups in total. The summed E-state index contributed by atoms with van der Waals surface area (Å²) in [6, 6.07) is 6.75. The summed E-state index contributed by atoms with van der Waals surface area (Å²) < 4.78 is 1.21. The molecule has 0 spiro atoms. The van der Waals surface area contributed by atoms with Crippen molar-refractivity contribution in [2.45, 2.75) is 39.0 Å². The van der Waals surface area contributed by atoms with Crippen LogP contribution in [0.3, 0.4) is 0 Å². The first-order valence-corrected chi connectivity index (χ1v) is 7.45. The largest absolute Gasteiger partial charge is 0.316 e. The quantitative estimate of drug-likeness (QED) is 0.885. The fourth-order valence-electron chi connectivity index (χ4n) is 2.72. The Balaban J connectivity index is 2.14. The van der Waals surface area contributed by atoms with Crippen LogP contribution in [0.1, 0.15) is 43.7 Å². The molecule has 1 aromatic carbocycles. The summed E-state index contributed by atoms with van der Waals surface area (Å²) in [5.41, 5.74) is 3.04. The van der Waals surface area contributed by atoms with Gasteiger partial charge < -0.3 is 5.32 Å². The second-order valence-electron chi connectivity index (χ2n) is 5.41. The van der Waals surface area contributed by atoms with Gasteiger partial charge in [-0.15, -0.1) is 0 Å². The monoisotopic (exact) mass is 295 g/mol. The summed E-state index contributed by atoms with van der Waals surface area (Å²) in [6.45, 7) is 6.95. The van der Waals surface area contributed by atoms with Gasteiger partial charge in [-0.1, -0.05) is 35.8 Å². The SMILES string of the molecule is CC(C)c1ccc(Br)cc1CC1CCCNC1. The molecule has 0 amide bonds. The van der Waals surface area contributed by atoms with Crippen molar-refractivity contribution in [2.24, 2.45) is 5.92 Å². The number of hydrogen-bond acceptors (Lipinski definition) is 1. The highest BCUT2D eigenvalue weighted by Crippen LogP contribution is 2.27. The zero-order valence-corrected chi connectivity index (χ0v) is 12.4. The molecule has 1 fully saturated rings. The molecular weight excluding hydrogens is 274 g/mol. The molecule has 1 unspecified atom stereocenters. The Kier molecular flexibility index (Phi) is 4.63. The molecular formula is C15H22BrN. The van der Waals surface area contributed by atoms with Crippen LogP contribution in [0.25, 0.3) is 0 Å². The molecule has 1 heterocycles. The predicted molar refractivity (Wildman–Crippen MR) is 77.5 cm³/mol. The van der Waals surface area contributed by atoms with Crippen molar-refractivity contribution in [1.29, 1.82) is 0 Å². The fourth-order valence-corrected chi connectivity index (χ4v) is 3.13. The van der Waals surface area contributed by atoms with E-state index in [2.05, 4.69) is 53.3 Å².